The van der Waals surface area contributed by atoms with Gasteiger partial charge in [0.15, 0.2) is 11.4 Å². The van der Waals surface area contributed by atoms with E-state index >= 15 is 0 Å². The minimum Gasteiger partial charge on any atom is -0.497 e. The van der Waals surface area contributed by atoms with Gasteiger partial charge in [0.25, 0.3) is 5.56 Å². The van der Waals surface area contributed by atoms with Crippen molar-refractivity contribution in [1.29, 1.82) is 0 Å². The molecule has 0 atom stereocenters. The molecule has 0 N–H and O–H groups in total. The Labute approximate surface area is 165 Å². The summed E-state index contributed by atoms with van der Waals surface area (Å²) in [6, 6.07) is 14.0. The fraction of sp³-hybridized carbons (Fsp3) is 0.143. The van der Waals surface area contributed by atoms with E-state index in [-0.39, 0.29) is 17.9 Å². The summed E-state index contributed by atoms with van der Waals surface area (Å²) >= 11 is 0. The Balaban J connectivity index is 1.64. The maximum Gasteiger partial charge on any atom is 0.264 e. The lowest BCUT2D eigenvalue weighted by molar-refractivity contribution is 0.0970. The Morgan fingerprint density at radius 3 is 2.21 bits per heavy atom. The van der Waals surface area contributed by atoms with E-state index in [9.17, 15) is 9.59 Å². The van der Waals surface area contributed by atoms with Crippen LogP contribution in [0.2, 0.25) is 0 Å². The van der Waals surface area contributed by atoms with Crippen LogP contribution < -0.4 is 15.0 Å². The second kappa shape index (κ2) is 7.59. The van der Waals surface area contributed by atoms with Gasteiger partial charge in [-0.05, 0) is 48.5 Å². The number of carbonyl (C=O) groups excluding carboxylic acids is 1. The molecular formula is C21H18N4O4. The molecule has 0 unspecified atom stereocenters. The maximum atomic E-state index is 12.8. The number of Topliss-reactive ketones (excluding diaryl/α,β-unsaturated/α-hetero) is 1. The number of aromatic nitrogens is 4. The van der Waals surface area contributed by atoms with Crippen LogP contribution >= 0.6 is 0 Å². The number of methoxy groups -OCH3 is 2. The number of nitrogens with zero attached hydrogens (tertiary/aromatic N) is 4. The highest BCUT2D eigenvalue weighted by atomic mass is 16.5. The van der Waals surface area contributed by atoms with Crippen molar-refractivity contribution < 1.29 is 14.3 Å². The van der Waals surface area contributed by atoms with Crippen molar-refractivity contribution in [3.63, 3.8) is 0 Å². The summed E-state index contributed by atoms with van der Waals surface area (Å²) in [7, 11) is 3.15. The predicted octanol–water partition coefficient (Wildman–Crippen LogP) is 2.48. The Morgan fingerprint density at radius 2 is 1.59 bits per heavy atom. The average molecular weight is 390 g/mol. The molecule has 146 valence electrons. The summed E-state index contributed by atoms with van der Waals surface area (Å²) in [5, 5.41) is 4.62. The first kappa shape index (κ1) is 18.4. The van der Waals surface area contributed by atoms with Crippen molar-refractivity contribution in [2.24, 2.45) is 0 Å². The topological polar surface area (TPSA) is 88.2 Å². The number of carbonyl (C=O) groups is 1. The van der Waals surface area contributed by atoms with E-state index in [0.29, 0.717) is 22.3 Å². The third-order valence-corrected chi connectivity index (χ3v) is 4.60. The van der Waals surface area contributed by atoms with E-state index in [1.807, 2.05) is 12.1 Å². The van der Waals surface area contributed by atoms with E-state index in [1.54, 1.807) is 55.3 Å². The zero-order valence-electron chi connectivity index (χ0n) is 15.9. The van der Waals surface area contributed by atoms with E-state index in [4.69, 9.17) is 9.47 Å². The van der Waals surface area contributed by atoms with Gasteiger partial charge in [0, 0.05) is 5.56 Å². The minimum atomic E-state index is -0.323. The molecule has 0 saturated heterocycles. The van der Waals surface area contributed by atoms with Gasteiger partial charge in [-0.2, -0.15) is 5.10 Å². The lowest BCUT2D eigenvalue weighted by atomic mass is 10.1. The summed E-state index contributed by atoms with van der Waals surface area (Å²) in [4.78, 5) is 29.7. The first-order chi connectivity index (χ1) is 14.1. The van der Waals surface area contributed by atoms with Crippen molar-refractivity contribution in [3.8, 4) is 17.2 Å². The monoisotopic (exact) mass is 390 g/mol. The van der Waals surface area contributed by atoms with Gasteiger partial charge in [-0.25, -0.2) is 9.67 Å². The lowest BCUT2D eigenvalue weighted by Gasteiger charge is -2.07. The molecule has 4 aromatic rings. The van der Waals surface area contributed by atoms with Crippen molar-refractivity contribution in [1.82, 2.24) is 19.3 Å². The van der Waals surface area contributed by atoms with Crippen LogP contribution in [0.25, 0.3) is 16.7 Å². The molecule has 0 aliphatic heterocycles. The molecule has 2 heterocycles. The Kier molecular flexibility index (Phi) is 4.82. The van der Waals surface area contributed by atoms with Crippen molar-refractivity contribution >= 4 is 16.8 Å². The molecule has 0 bridgehead atoms. The molecule has 0 spiro atoms. The van der Waals surface area contributed by atoms with Crippen LogP contribution in [0.3, 0.4) is 0 Å². The van der Waals surface area contributed by atoms with E-state index in [0.717, 1.165) is 11.4 Å². The van der Waals surface area contributed by atoms with Gasteiger partial charge in [-0.1, -0.05) is 0 Å². The number of ether oxygens (including phenoxy) is 2. The van der Waals surface area contributed by atoms with Crippen LogP contribution in [0.5, 0.6) is 11.5 Å². The smallest absolute Gasteiger partial charge is 0.264 e. The van der Waals surface area contributed by atoms with Gasteiger partial charge >= 0.3 is 0 Å². The summed E-state index contributed by atoms with van der Waals surface area (Å²) < 4.78 is 13.1. The number of rotatable bonds is 6. The SMILES string of the molecule is COc1ccc(C(=O)Cn2cnc3c(cnn3-c3ccc(OC)cc3)c2=O)cc1. The molecule has 2 aromatic heterocycles. The first-order valence-corrected chi connectivity index (χ1v) is 8.85. The van der Waals surface area contributed by atoms with E-state index in [2.05, 4.69) is 10.1 Å². The molecule has 8 nitrogen and oxygen atoms in total. The normalized spacial score (nSPS) is 10.8. The number of hydrogen-bond acceptors (Lipinski definition) is 6. The number of benzene rings is 2. The van der Waals surface area contributed by atoms with Gasteiger partial charge in [0.1, 0.15) is 23.2 Å². The second-order valence-electron chi connectivity index (χ2n) is 6.32. The van der Waals surface area contributed by atoms with Crippen LogP contribution in [-0.4, -0.2) is 39.3 Å². The highest BCUT2D eigenvalue weighted by molar-refractivity contribution is 5.96. The highest BCUT2D eigenvalue weighted by Gasteiger charge is 2.14. The standard InChI is InChI=1S/C21H18N4O4/c1-28-16-7-3-14(4-8-16)19(26)12-24-13-22-20-18(21(24)27)11-23-25(20)15-5-9-17(29-2)10-6-15/h3-11,13H,12H2,1-2H3. The van der Waals surface area contributed by atoms with Gasteiger partial charge in [-0.15, -0.1) is 0 Å². The third-order valence-electron chi connectivity index (χ3n) is 4.60. The van der Waals surface area contributed by atoms with Crippen LogP contribution in [0.1, 0.15) is 10.4 Å². The number of fused-ring (bicyclic) bond motifs is 1. The Bertz CT molecular complexity index is 1220. The lowest BCUT2D eigenvalue weighted by Crippen LogP contribution is -2.24. The number of ketones is 1. The Hall–Kier alpha value is -3.94. The van der Waals surface area contributed by atoms with Crippen LogP contribution in [0.4, 0.5) is 0 Å². The fourth-order valence-corrected chi connectivity index (χ4v) is 3.00. The van der Waals surface area contributed by atoms with E-state index < -0.39 is 0 Å². The molecule has 2 aromatic carbocycles. The molecule has 0 aliphatic carbocycles. The molecule has 0 aliphatic rings. The second-order valence-corrected chi connectivity index (χ2v) is 6.32. The molecule has 0 radical (unpaired) electrons. The van der Waals surface area contributed by atoms with Gasteiger partial charge in [-0.3, -0.25) is 14.2 Å². The zero-order chi connectivity index (χ0) is 20.4. The predicted molar refractivity (Wildman–Crippen MR) is 107 cm³/mol. The minimum absolute atomic E-state index is 0.109. The highest BCUT2D eigenvalue weighted by Crippen LogP contribution is 2.18. The summed E-state index contributed by atoms with van der Waals surface area (Å²) in [5.74, 6) is 1.18. The van der Waals surface area contributed by atoms with Gasteiger partial charge in [0.05, 0.1) is 32.6 Å². The van der Waals surface area contributed by atoms with Crippen LogP contribution in [0.15, 0.2) is 65.8 Å². The molecule has 0 amide bonds. The molecule has 4 rings (SSSR count). The maximum absolute atomic E-state index is 12.8. The van der Waals surface area contributed by atoms with E-state index in [1.165, 1.54) is 17.1 Å². The molecular weight excluding hydrogens is 372 g/mol. The van der Waals surface area contributed by atoms with Gasteiger partial charge < -0.3 is 9.47 Å². The average Bonchev–Trinajstić information content (AvgIpc) is 3.20. The first-order valence-electron chi connectivity index (χ1n) is 8.85. The number of hydrogen-bond donors (Lipinski definition) is 0. The van der Waals surface area contributed by atoms with Gasteiger partial charge in [0.2, 0.25) is 0 Å². The van der Waals surface area contributed by atoms with Crippen molar-refractivity contribution in [2.45, 2.75) is 6.54 Å². The van der Waals surface area contributed by atoms with Crippen LogP contribution in [0, 0.1) is 0 Å². The fourth-order valence-electron chi connectivity index (χ4n) is 3.00. The van der Waals surface area contributed by atoms with Crippen molar-refractivity contribution in [3.05, 3.63) is 77.0 Å². The molecule has 29 heavy (non-hydrogen) atoms. The van der Waals surface area contributed by atoms with Crippen LogP contribution in [-0.2, 0) is 6.54 Å². The molecule has 0 saturated carbocycles. The summed E-state index contributed by atoms with van der Waals surface area (Å²) in [6.07, 6.45) is 2.83. The quantitative estimate of drug-likeness (QED) is 0.470. The summed E-state index contributed by atoms with van der Waals surface area (Å²) in [6.45, 7) is -0.109. The molecule has 8 heteroatoms. The van der Waals surface area contributed by atoms with Crippen molar-refractivity contribution in [2.75, 3.05) is 14.2 Å². The Morgan fingerprint density at radius 1 is 0.966 bits per heavy atom. The largest absolute Gasteiger partial charge is 0.497 e. The third kappa shape index (κ3) is 3.47. The molecule has 0 fully saturated rings. The summed E-state index contributed by atoms with van der Waals surface area (Å²) in [5.41, 5.74) is 1.34. The zero-order valence-corrected chi connectivity index (χ0v) is 15.9.